The zero-order valence-corrected chi connectivity index (χ0v) is 24.2. The van der Waals surface area contributed by atoms with Crippen LogP contribution in [0.1, 0.15) is 19.4 Å². The lowest BCUT2D eigenvalue weighted by molar-refractivity contribution is 0.341. The normalized spacial score (nSPS) is 10.8. The van der Waals surface area contributed by atoms with Crippen molar-refractivity contribution in [2.24, 2.45) is 0 Å². The van der Waals surface area contributed by atoms with E-state index in [4.69, 9.17) is 37.7 Å². The van der Waals surface area contributed by atoms with Crippen molar-refractivity contribution in [1.82, 2.24) is 4.98 Å². The van der Waals surface area contributed by atoms with Crippen LogP contribution in [0.15, 0.2) is 97.1 Å². The monoisotopic (exact) mass is 568 g/mol. The van der Waals surface area contributed by atoms with Crippen LogP contribution in [0.25, 0.3) is 33.6 Å². The van der Waals surface area contributed by atoms with E-state index in [2.05, 4.69) is 72.9 Å². The molecule has 0 saturated carbocycles. The van der Waals surface area contributed by atoms with Gasteiger partial charge in [0.25, 0.3) is 0 Å². The third kappa shape index (κ3) is 6.41. The molecule has 0 atom stereocenters. The number of anilines is 2. The molecule has 0 bridgehead atoms. The number of rotatable bonds is 9. The first-order valence-electron chi connectivity index (χ1n) is 13.2. The highest BCUT2D eigenvalue weighted by Crippen LogP contribution is 2.39. The van der Waals surface area contributed by atoms with Gasteiger partial charge in [0.15, 0.2) is 0 Å². The Balaban J connectivity index is 1.61. The fourth-order valence-electron chi connectivity index (χ4n) is 4.49. The lowest BCUT2D eigenvalue weighted by Gasteiger charge is -2.16. The van der Waals surface area contributed by atoms with Crippen LogP contribution in [0, 0.1) is 6.92 Å². The van der Waals surface area contributed by atoms with Gasteiger partial charge >= 0.3 is 0 Å². The number of aryl methyl sites for hydroxylation is 1. The highest BCUT2D eigenvalue weighted by molar-refractivity contribution is 6.31. The predicted molar refractivity (Wildman–Crippen MR) is 167 cm³/mol. The SMILES string of the molecule is CCOc1cc(Cl)ccc1-c1cc(-c2ccc(Nc3ccc(C)cc3)cc2)cc(-c2ccc(Cl)cc2OCC)n1. The van der Waals surface area contributed by atoms with Gasteiger partial charge < -0.3 is 14.8 Å². The summed E-state index contributed by atoms with van der Waals surface area (Å²) in [4.78, 5) is 5.07. The molecule has 5 rings (SSSR count). The molecule has 0 radical (unpaired) electrons. The van der Waals surface area contributed by atoms with Crippen molar-refractivity contribution in [3.63, 3.8) is 0 Å². The summed E-state index contributed by atoms with van der Waals surface area (Å²) in [6.07, 6.45) is 0. The number of hydrogen-bond acceptors (Lipinski definition) is 4. The van der Waals surface area contributed by atoms with Crippen molar-refractivity contribution in [2.75, 3.05) is 18.5 Å². The third-order valence-corrected chi connectivity index (χ3v) is 6.89. The number of benzene rings is 4. The van der Waals surface area contributed by atoms with E-state index in [9.17, 15) is 0 Å². The second-order valence-electron chi connectivity index (χ2n) is 9.34. The molecule has 1 aromatic heterocycles. The average Bonchev–Trinajstić information content (AvgIpc) is 2.95. The Labute approximate surface area is 245 Å². The number of pyridine rings is 1. The van der Waals surface area contributed by atoms with Gasteiger partial charge in [0, 0.05) is 32.5 Å². The van der Waals surface area contributed by atoms with Crippen molar-refractivity contribution < 1.29 is 9.47 Å². The number of nitrogens with zero attached hydrogens (tertiary/aromatic N) is 1. The minimum absolute atomic E-state index is 0.515. The highest BCUT2D eigenvalue weighted by atomic mass is 35.5. The zero-order chi connectivity index (χ0) is 28.1. The molecule has 4 aromatic carbocycles. The van der Waals surface area contributed by atoms with Crippen molar-refractivity contribution >= 4 is 34.6 Å². The maximum Gasteiger partial charge on any atom is 0.130 e. The Morgan fingerprint density at radius 3 is 1.55 bits per heavy atom. The molecule has 0 amide bonds. The van der Waals surface area contributed by atoms with E-state index in [-0.39, 0.29) is 0 Å². The zero-order valence-electron chi connectivity index (χ0n) is 22.7. The minimum atomic E-state index is 0.515. The van der Waals surface area contributed by atoms with Gasteiger partial charge in [-0.2, -0.15) is 0 Å². The minimum Gasteiger partial charge on any atom is -0.493 e. The van der Waals surface area contributed by atoms with Crippen LogP contribution in [0.2, 0.25) is 10.0 Å². The molecule has 4 nitrogen and oxygen atoms in total. The Morgan fingerprint density at radius 1 is 0.600 bits per heavy atom. The van der Waals surface area contributed by atoms with Crippen LogP contribution >= 0.6 is 23.2 Å². The molecule has 0 aliphatic rings. The molecule has 5 aromatic rings. The number of hydrogen-bond donors (Lipinski definition) is 1. The predicted octanol–water partition coefficient (Wildman–Crippen LogP) is 10.2. The topological polar surface area (TPSA) is 43.4 Å². The second kappa shape index (κ2) is 12.5. The van der Waals surface area contributed by atoms with Crippen LogP contribution in [0.5, 0.6) is 11.5 Å². The molecule has 0 saturated heterocycles. The van der Waals surface area contributed by atoms with E-state index in [1.807, 2.05) is 50.2 Å². The molecule has 0 aliphatic carbocycles. The van der Waals surface area contributed by atoms with Crippen LogP contribution in [0.3, 0.4) is 0 Å². The van der Waals surface area contributed by atoms with Crippen molar-refractivity contribution in [3.8, 4) is 45.1 Å². The van der Waals surface area contributed by atoms with Crippen LogP contribution in [-0.2, 0) is 0 Å². The first kappa shape index (κ1) is 27.6. The second-order valence-corrected chi connectivity index (χ2v) is 10.2. The van der Waals surface area contributed by atoms with Gasteiger partial charge in [-0.1, -0.05) is 53.0 Å². The summed E-state index contributed by atoms with van der Waals surface area (Å²) in [5, 5.41) is 4.68. The van der Waals surface area contributed by atoms with Gasteiger partial charge in [-0.15, -0.1) is 0 Å². The smallest absolute Gasteiger partial charge is 0.130 e. The van der Waals surface area contributed by atoms with Gasteiger partial charge in [0.05, 0.1) is 24.6 Å². The molecular weight excluding hydrogens is 539 g/mol. The fraction of sp³-hybridized carbons (Fsp3) is 0.147. The number of ether oxygens (including phenoxy) is 2. The first-order valence-corrected chi connectivity index (χ1v) is 14.0. The molecule has 0 spiro atoms. The van der Waals surface area contributed by atoms with Gasteiger partial charge in [-0.05, 0) is 105 Å². The van der Waals surface area contributed by atoms with Crippen molar-refractivity contribution in [2.45, 2.75) is 20.8 Å². The molecule has 0 fully saturated rings. The maximum absolute atomic E-state index is 6.31. The molecule has 1 heterocycles. The standard InChI is InChI=1S/C34H30Cl2N2O2/c1-4-39-33-20-25(35)10-16-29(33)31-18-24(19-32(38-31)30-17-11-26(36)21-34(30)40-5-2)23-8-14-28(15-9-23)37-27-12-6-22(3)7-13-27/h6-21,37H,4-5H2,1-3H3. The highest BCUT2D eigenvalue weighted by Gasteiger charge is 2.16. The average molecular weight is 570 g/mol. The summed E-state index contributed by atoms with van der Waals surface area (Å²) < 4.78 is 11.9. The Morgan fingerprint density at radius 2 is 1.07 bits per heavy atom. The quantitative estimate of drug-likeness (QED) is 0.192. The van der Waals surface area contributed by atoms with Gasteiger partial charge in [0.1, 0.15) is 11.5 Å². The molecular formula is C34H30Cl2N2O2. The lowest BCUT2D eigenvalue weighted by Crippen LogP contribution is -1.99. The Bertz CT molecular complexity index is 1540. The number of halogens is 2. The Kier molecular flexibility index (Phi) is 8.59. The Hall–Kier alpha value is -3.99. The molecule has 1 N–H and O–H groups in total. The van der Waals surface area contributed by atoms with E-state index in [1.54, 1.807) is 0 Å². The van der Waals surface area contributed by atoms with E-state index in [1.165, 1.54) is 5.56 Å². The maximum atomic E-state index is 6.31. The summed E-state index contributed by atoms with van der Waals surface area (Å²) in [6.45, 7) is 7.02. The van der Waals surface area contributed by atoms with E-state index in [0.29, 0.717) is 34.8 Å². The fourth-order valence-corrected chi connectivity index (χ4v) is 4.81. The summed E-state index contributed by atoms with van der Waals surface area (Å²) in [7, 11) is 0. The van der Waals surface area contributed by atoms with Gasteiger partial charge in [-0.25, -0.2) is 4.98 Å². The molecule has 40 heavy (non-hydrogen) atoms. The third-order valence-electron chi connectivity index (χ3n) is 6.42. The number of aromatic nitrogens is 1. The van der Waals surface area contributed by atoms with Gasteiger partial charge in [0.2, 0.25) is 0 Å². The largest absolute Gasteiger partial charge is 0.493 e. The summed E-state index contributed by atoms with van der Waals surface area (Å²) in [6, 6.07) is 32.1. The summed E-state index contributed by atoms with van der Waals surface area (Å²) >= 11 is 12.6. The van der Waals surface area contributed by atoms with Crippen LogP contribution in [-0.4, -0.2) is 18.2 Å². The van der Waals surface area contributed by atoms with E-state index in [0.717, 1.165) is 45.0 Å². The molecule has 202 valence electrons. The van der Waals surface area contributed by atoms with Crippen LogP contribution in [0.4, 0.5) is 11.4 Å². The van der Waals surface area contributed by atoms with E-state index < -0.39 is 0 Å². The molecule has 6 heteroatoms. The van der Waals surface area contributed by atoms with Crippen LogP contribution < -0.4 is 14.8 Å². The summed E-state index contributed by atoms with van der Waals surface area (Å²) in [5.74, 6) is 1.37. The summed E-state index contributed by atoms with van der Waals surface area (Å²) in [5.41, 5.74) is 8.61. The molecule has 0 aliphatic heterocycles. The molecule has 0 unspecified atom stereocenters. The number of nitrogens with one attached hydrogen (secondary N) is 1. The van der Waals surface area contributed by atoms with Gasteiger partial charge in [-0.3, -0.25) is 0 Å². The first-order chi connectivity index (χ1) is 19.4. The van der Waals surface area contributed by atoms with Crippen molar-refractivity contribution in [1.29, 1.82) is 0 Å². The van der Waals surface area contributed by atoms with E-state index >= 15 is 0 Å². The van der Waals surface area contributed by atoms with Crippen molar-refractivity contribution in [3.05, 3.63) is 113 Å². The lowest BCUT2D eigenvalue weighted by atomic mass is 9.99.